The fourth-order valence-electron chi connectivity index (χ4n) is 2.70. The van der Waals surface area contributed by atoms with Crippen molar-refractivity contribution in [3.8, 4) is 0 Å². The molecular formula is C23H39NO7. The van der Waals surface area contributed by atoms with Crippen LogP contribution in [0.4, 0.5) is 4.79 Å². The maximum atomic E-state index is 12.7. The van der Waals surface area contributed by atoms with E-state index in [9.17, 15) is 9.59 Å². The first-order valence-electron chi connectivity index (χ1n) is 10.7. The van der Waals surface area contributed by atoms with Crippen molar-refractivity contribution in [1.29, 1.82) is 0 Å². The minimum Gasteiger partial charge on any atom is -0.458 e. The second-order valence-electron chi connectivity index (χ2n) is 9.11. The number of amides is 1. The maximum absolute atomic E-state index is 12.7. The summed E-state index contributed by atoms with van der Waals surface area (Å²) in [5, 5.41) is 2.53. The Kier molecular flexibility index (Phi) is 11.2. The third-order valence-corrected chi connectivity index (χ3v) is 4.26. The second kappa shape index (κ2) is 12.8. The van der Waals surface area contributed by atoms with Crippen LogP contribution < -0.4 is 5.32 Å². The van der Waals surface area contributed by atoms with E-state index >= 15 is 0 Å². The standard InChI is InChI=1S/C23H39NO7/c1-15(2)9-11-28-19-14-27-13-18(24-22(26)31-23(6,7)8)21(25)30-17(5)20(19)29-12-10-16(3)4/h9-10,17-20H,11-14H2,1-8H3,(H,24,26). The third kappa shape index (κ3) is 11.3. The summed E-state index contributed by atoms with van der Waals surface area (Å²) in [5.41, 5.74) is 1.56. The Morgan fingerprint density at radius 2 is 1.65 bits per heavy atom. The molecule has 1 N–H and O–H groups in total. The van der Waals surface area contributed by atoms with Crippen LogP contribution in [-0.4, -0.2) is 68.4 Å². The number of allylic oxidation sites excluding steroid dienone is 2. The normalized spacial score (nSPS) is 24.7. The second-order valence-corrected chi connectivity index (χ2v) is 9.11. The molecule has 1 heterocycles. The third-order valence-electron chi connectivity index (χ3n) is 4.26. The number of hydrogen-bond acceptors (Lipinski definition) is 7. The van der Waals surface area contributed by atoms with Crippen LogP contribution in [0, 0.1) is 0 Å². The average Bonchev–Trinajstić information content (AvgIpc) is 2.65. The summed E-state index contributed by atoms with van der Waals surface area (Å²) in [4.78, 5) is 24.8. The van der Waals surface area contributed by atoms with Gasteiger partial charge in [-0.05, 0) is 55.4 Å². The van der Waals surface area contributed by atoms with Gasteiger partial charge in [0.1, 0.15) is 23.9 Å². The lowest BCUT2D eigenvalue weighted by atomic mass is 10.1. The number of hydrogen-bond donors (Lipinski definition) is 1. The monoisotopic (exact) mass is 441 g/mol. The first-order valence-corrected chi connectivity index (χ1v) is 10.7. The molecule has 1 aliphatic rings. The van der Waals surface area contributed by atoms with Gasteiger partial charge in [0.25, 0.3) is 0 Å². The Balaban J connectivity index is 2.94. The van der Waals surface area contributed by atoms with E-state index in [1.54, 1.807) is 27.7 Å². The van der Waals surface area contributed by atoms with Crippen LogP contribution in [0.5, 0.6) is 0 Å². The number of nitrogens with one attached hydrogen (secondary N) is 1. The van der Waals surface area contributed by atoms with E-state index in [2.05, 4.69) is 5.32 Å². The average molecular weight is 442 g/mol. The van der Waals surface area contributed by atoms with E-state index in [-0.39, 0.29) is 13.2 Å². The fourth-order valence-corrected chi connectivity index (χ4v) is 2.70. The van der Waals surface area contributed by atoms with Crippen molar-refractivity contribution in [2.75, 3.05) is 26.4 Å². The molecule has 0 spiro atoms. The predicted octanol–water partition coefficient (Wildman–Crippen LogP) is 3.54. The molecule has 31 heavy (non-hydrogen) atoms. The van der Waals surface area contributed by atoms with Crippen molar-refractivity contribution in [2.24, 2.45) is 0 Å². The summed E-state index contributed by atoms with van der Waals surface area (Å²) in [6, 6.07) is -0.993. The van der Waals surface area contributed by atoms with Gasteiger partial charge in [0.05, 0.1) is 26.4 Å². The summed E-state index contributed by atoms with van der Waals surface area (Å²) in [7, 11) is 0. The number of carbonyl (C=O) groups is 2. The van der Waals surface area contributed by atoms with Gasteiger partial charge < -0.3 is 29.0 Å². The van der Waals surface area contributed by atoms with Crippen molar-refractivity contribution in [3.63, 3.8) is 0 Å². The molecule has 8 nitrogen and oxygen atoms in total. The van der Waals surface area contributed by atoms with Crippen LogP contribution in [-0.2, 0) is 28.5 Å². The van der Waals surface area contributed by atoms with Crippen LogP contribution in [0.2, 0.25) is 0 Å². The number of cyclic esters (lactones) is 1. The highest BCUT2D eigenvalue weighted by molar-refractivity contribution is 5.81. The largest absolute Gasteiger partial charge is 0.458 e. The molecule has 0 aromatic carbocycles. The minimum atomic E-state index is -0.993. The Morgan fingerprint density at radius 3 is 2.19 bits per heavy atom. The van der Waals surface area contributed by atoms with E-state index in [0.717, 1.165) is 11.1 Å². The Labute approximate surface area is 186 Å². The van der Waals surface area contributed by atoms with Crippen molar-refractivity contribution < 1.29 is 33.3 Å². The van der Waals surface area contributed by atoms with Gasteiger partial charge in [-0.1, -0.05) is 23.3 Å². The molecule has 0 bridgehead atoms. The lowest BCUT2D eigenvalue weighted by Gasteiger charge is -2.30. The molecule has 1 rings (SSSR count). The molecule has 4 unspecified atom stereocenters. The molecule has 0 aromatic rings. The van der Waals surface area contributed by atoms with Gasteiger partial charge >= 0.3 is 12.1 Å². The minimum absolute atomic E-state index is 0.0615. The van der Waals surface area contributed by atoms with E-state index < -0.39 is 42.0 Å². The molecule has 8 heteroatoms. The van der Waals surface area contributed by atoms with Crippen LogP contribution in [0.1, 0.15) is 55.4 Å². The quantitative estimate of drug-likeness (QED) is 0.477. The van der Waals surface area contributed by atoms with E-state index in [0.29, 0.717) is 13.2 Å². The lowest BCUT2D eigenvalue weighted by Crippen LogP contribution is -2.48. The SMILES string of the molecule is CC(C)=CCOC1COCC(NC(=O)OC(C)(C)C)C(=O)OC(C)C1OCC=C(C)C. The fraction of sp³-hybridized carbons (Fsp3) is 0.739. The van der Waals surface area contributed by atoms with Gasteiger partial charge in [-0.2, -0.15) is 0 Å². The van der Waals surface area contributed by atoms with Gasteiger partial charge in [-0.25, -0.2) is 9.59 Å². The predicted molar refractivity (Wildman–Crippen MR) is 118 cm³/mol. The smallest absolute Gasteiger partial charge is 0.408 e. The lowest BCUT2D eigenvalue weighted by molar-refractivity contribution is -0.165. The van der Waals surface area contributed by atoms with Crippen molar-refractivity contribution in [2.45, 2.75) is 85.3 Å². The zero-order valence-electron chi connectivity index (χ0n) is 20.2. The van der Waals surface area contributed by atoms with Gasteiger partial charge in [-0.15, -0.1) is 0 Å². The number of alkyl carbamates (subject to hydrolysis) is 1. The Hall–Kier alpha value is -1.90. The van der Waals surface area contributed by atoms with Gasteiger partial charge in [0.15, 0.2) is 6.04 Å². The molecule has 1 aliphatic heterocycles. The number of carbonyl (C=O) groups excluding carboxylic acids is 2. The molecule has 1 saturated heterocycles. The molecule has 1 amide bonds. The summed E-state index contributed by atoms with van der Waals surface area (Å²) < 4.78 is 28.6. The summed E-state index contributed by atoms with van der Waals surface area (Å²) in [6.45, 7) is 15.8. The highest BCUT2D eigenvalue weighted by Gasteiger charge is 2.36. The molecule has 1 fully saturated rings. The first-order chi connectivity index (χ1) is 14.4. The van der Waals surface area contributed by atoms with Gasteiger partial charge in [0.2, 0.25) is 0 Å². The highest BCUT2D eigenvalue weighted by atomic mass is 16.6. The zero-order chi connectivity index (χ0) is 23.6. The van der Waals surface area contributed by atoms with Crippen LogP contribution in [0.25, 0.3) is 0 Å². The number of ether oxygens (including phenoxy) is 5. The molecule has 178 valence electrons. The Morgan fingerprint density at radius 1 is 1.06 bits per heavy atom. The number of rotatable bonds is 7. The van der Waals surface area contributed by atoms with Crippen LogP contribution in [0.15, 0.2) is 23.3 Å². The van der Waals surface area contributed by atoms with E-state index in [1.165, 1.54) is 0 Å². The first kappa shape index (κ1) is 27.1. The number of esters is 1. The summed E-state index contributed by atoms with van der Waals surface area (Å²) in [5.74, 6) is -0.612. The molecule has 0 aliphatic carbocycles. The maximum Gasteiger partial charge on any atom is 0.408 e. The molecule has 0 aromatic heterocycles. The van der Waals surface area contributed by atoms with E-state index in [1.807, 2.05) is 39.8 Å². The van der Waals surface area contributed by atoms with Crippen molar-refractivity contribution in [3.05, 3.63) is 23.3 Å². The van der Waals surface area contributed by atoms with Crippen LogP contribution in [0.3, 0.4) is 0 Å². The van der Waals surface area contributed by atoms with Crippen LogP contribution >= 0.6 is 0 Å². The van der Waals surface area contributed by atoms with Crippen molar-refractivity contribution in [1.82, 2.24) is 5.32 Å². The van der Waals surface area contributed by atoms with Gasteiger partial charge in [0, 0.05) is 0 Å². The molecule has 0 radical (unpaired) electrons. The molecule has 4 atom stereocenters. The Bertz CT molecular complexity index is 643. The van der Waals surface area contributed by atoms with Gasteiger partial charge in [-0.3, -0.25) is 0 Å². The topological polar surface area (TPSA) is 92.3 Å². The zero-order valence-corrected chi connectivity index (χ0v) is 20.2. The highest BCUT2D eigenvalue weighted by Crippen LogP contribution is 2.17. The van der Waals surface area contributed by atoms with Crippen molar-refractivity contribution >= 4 is 12.1 Å². The summed E-state index contributed by atoms with van der Waals surface area (Å²) in [6.07, 6.45) is 1.59. The van der Waals surface area contributed by atoms with E-state index in [4.69, 9.17) is 23.7 Å². The summed E-state index contributed by atoms with van der Waals surface area (Å²) >= 11 is 0. The molecule has 0 saturated carbocycles. The molecular weight excluding hydrogens is 402 g/mol.